The standard InChI is InChI=1S/C11H17N/c1-5-10(8(2)3)11-6-7-12-9(11)4/h5-8,12H,1-4H3/b10-5-. The Labute approximate surface area is 74.5 Å². The van der Waals surface area contributed by atoms with Gasteiger partial charge in [0.05, 0.1) is 0 Å². The Kier molecular flexibility index (Phi) is 2.74. The van der Waals surface area contributed by atoms with Crippen molar-refractivity contribution in [2.24, 2.45) is 5.92 Å². The van der Waals surface area contributed by atoms with E-state index in [4.69, 9.17) is 0 Å². The molecule has 0 unspecified atom stereocenters. The van der Waals surface area contributed by atoms with E-state index >= 15 is 0 Å². The summed E-state index contributed by atoms with van der Waals surface area (Å²) in [5.74, 6) is 0.601. The summed E-state index contributed by atoms with van der Waals surface area (Å²) in [7, 11) is 0. The van der Waals surface area contributed by atoms with E-state index in [2.05, 4.69) is 44.8 Å². The van der Waals surface area contributed by atoms with E-state index in [-0.39, 0.29) is 0 Å². The van der Waals surface area contributed by atoms with Crippen molar-refractivity contribution in [1.82, 2.24) is 4.98 Å². The van der Waals surface area contributed by atoms with Gasteiger partial charge in [-0.3, -0.25) is 0 Å². The van der Waals surface area contributed by atoms with Gasteiger partial charge in [0.25, 0.3) is 0 Å². The van der Waals surface area contributed by atoms with E-state index < -0.39 is 0 Å². The van der Waals surface area contributed by atoms with Crippen molar-refractivity contribution >= 4 is 5.57 Å². The molecule has 1 nitrogen and oxygen atoms in total. The van der Waals surface area contributed by atoms with Gasteiger partial charge in [-0.25, -0.2) is 0 Å². The van der Waals surface area contributed by atoms with Crippen LogP contribution in [0.15, 0.2) is 18.3 Å². The van der Waals surface area contributed by atoms with Crippen molar-refractivity contribution in [3.05, 3.63) is 29.6 Å². The van der Waals surface area contributed by atoms with Crippen LogP contribution < -0.4 is 0 Å². The lowest BCUT2D eigenvalue weighted by Gasteiger charge is -2.09. The normalized spacial score (nSPS) is 12.6. The van der Waals surface area contributed by atoms with Crippen LogP contribution in [0.4, 0.5) is 0 Å². The van der Waals surface area contributed by atoms with Crippen LogP contribution in [0.5, 0.6) is 0 Å². The molecule has 12 heavy (non-hydrogen) atoms. The number of aromatic nitrogens is 1. The Bertz CT molecular complexity index is 279. The zero-order valence-electron chi connectivity index (χ0n) is 8.31. The lowest BCUT2D eigenvalue weighted by Crippen LogP contribution is -1.93. The van der Waals surface area contributed by atoms with Gasteiger partial charge in [0.2, 0.25) is 0 Å². The quantitative estimate of drug-likeness (QED) is 0.688. The molecule has 0 spiro atoms. The van der Waals surface area contributed by atoms with Gasteiger partial charge in [-0.15, -0.1) is 0 Å². The molecule has 0 aliphatic rings. The molecule has 1 N–H and O–H groups in total. The topological polar surface area (TPSA) is 15.8 Å². The second-order valence-electron chi connectivity index (χ2n) is 3.42. The van der Waals surface area contributed by atoms with Crippen LogP contribution in [-0.2, 0) is 0 Å². The van der Waals surface area contributed by atoms with Gasteiger partial charge < -0.3 is 4.98 Å². The third kappa shape index (κ3) is 1.60. The lowest BCUT2D eigenvalue weighted by atomic mass is 9.96. The fourth-order valence-electron chi connectivity index (χ4n) is 1.57. The van der Waals surface area contributed by atoms with Crippen LogP contribution >= 0.6 is 0 Å². The Hall–Kier alpha value is -0.980. The molecule has 0 aliphatic heterocycles. The predicted molar refractivity (Wildman–Crippen MR) is 54.0 cm³/mol. The molecule has 0 saturated carbocycles. The predicted octanol–water partition coefficient (Wildman–Crippen LogP) is 3.38. The molecule has 0 fully saturated rings. The molecule has 0 aliphatic carbocycles. The average molecular weight is 163 g/mol. The number of H-pyrrole nitrogens is 1. The second kappa shape index (κ2) is 3.61. The van der Waals surface area contributed by atoms with Crippen LogP contribution in [0.3, 0.4) is 0 Å². The fraction of sp³-hybridized carbons (Fsp3) is 0.455. The molecular weight excluding hydrogens is 146 g/mol. The molecule has 66 valence electrons. The van der Waals surface area contributed by atoms with Gasteiger partial charge >= 0.3 is 0 Å². The van der Waals surface area contributed by atoms with Gasteiger partial charge in [0.1, 0.15) is 0 Å². The van der Waals surface area contributed by atoms with Crippen molar-refractivity contribution in [3.63, 3.8) is 0 Å². The molecular formula is C11H17N. The van der Waals surface area contributed by atoms with E-state index in [0.717, 1.165) is 0 Å². The number of hydrogen-bond acceptors (Lipinski definition) is 0. The van der Waals surface area contributed by atoms with Gasteiger partial charge in [0, 0.05) is 11.9 Å². The lowest BCUT2D eigenvalue weighted by molar-refractivity contribution is 0.852. The highest BCUT2D eigenvalue weighted by molar-refractivity contribution is 5.68. The molecule has 1 heteroatoms. The van der Waals surface area contributed by atoms with Gasteiger partial charge in [-0.05, 0) is 37.0 Å². The number of aromatic amines is 1. The smallest absolute Gasteiger partial charge is 0.0191 e. The Morgan fingerprint density at radius 3 is 2.50 bits per heavy atom. The summed E-state index contributed by atoms with van der Waals surface area (Å²) in [5, 5.41) is 0. The molecule has 0 bridgehead atoms. The van der Waals surface area contributed by atoms with Crippen LogP contribution in [0.25, 0.3) is 5.57 Å². The zero-order chi connectivity index (χ0) is 9.14. The first kappa shape index (κ1) is 9.11. The van der Waals surface area contributed by atoms with Gasteiger partial charge in [-0.1, -0.05) is 19.9 Å². The van der Waals surface area contributed by atoms with E-state index in [0.29, 0.717) is 5.92 Å². The van der Waals surface area contributed by atoms with Crippen LogP contribution in [0, 0.1) is 12.8 Å². The summed E-state index contributed by atoms with van der Waals surface area (Å²) in [6, 6.07) is 2.14. The summed E-state index contributed by atoms with van der Waals surface area (Å²) in [6.07, 6.45) is 4.19. The minimum absolute atomic E-state index is 0.601. The summed E-state index contributed by atoms with van der Waals surface area (Å²) < 4.78 is 0. The molecule has 1 heterocycles. The number of rotatable bonds is 2. The Balaban J connectivity index is 3.04. The molecule has 0 aromatic carbocycles. The second-order valence-corrected chi connectivity index (χ2v) is 3.42. The first-order valence-electron chi connectivity index (χ1n) is 4.47. The maximum absolute atomic E-state index is 3.20. The highest BCUT2D eigenvalue weighted by atomic mass is 14.7. The van der Waals surface area contributed by atoms with E-state index in [1.807, 2.05) is 6.20 Å². The summed E-state index contributed by atoms with van der Waals surface area (Å²) in [5.41, 5.74) is 4.04. The molecule has 0 radical (unpaired) electrons. The molecule has 0 saturated heterocycles. The highest BCUT2D eigenvalue weighted by Crippen LogP contribution is 2.24. The third-order valence-corrected chi connectivity index (χ3v) is 2.20. The summed E-state index contributed by atoms with van der Waals surface area (Å²) >= 11 is 0. The molecule has 0 atom stereocenters. The van der Waals surface area contributed by atoms with E-state index in [1.165, 1.54) is 16.8 Å². The Morgan fingerprint density at radius 2 is 2.17 bits per heavy atom. The maximum atomic E-state index is 3.20. The third-order valence-electron chi connectivity index (χ3n) is 2.20. The molecule has 0 amide bonds. The average Bonchev–Trinajstić information content (AvgIpc) is 2.38. The van der Waals surface area contributed by atoms with Crippen molar-refractivity contribution in [3.8, 4) is 0 Å². The molecule has 1 aromatic rings. The minimum Gasteiger partial charge on any atom is -0.365 e. The number of nitrogens with one attached hydrogen (secondary N) is 1. The first-order valence-corrected chi connectivity index (χ1v) is 4.47. The van der Waals surface area contributed by atoms with Crippen LogP contribution in [-0.4, -0.2) is 4.98 Å². The van der Waals surface area contributed by atoms with E-state index in [9.17, 15) is 0 Å². The molecule has 1 aromatic heterocycles. The summed E-state index contributed by atoms with van der Waals surface area (Å²) in [4.78, 5) is 3.20. The first-order chi connectivity index (χ1) is 5.66. The maximum Gasteiger partial charge on any atom is 0.0191 e. The fourth-order valence-corrected chi connectivity index (χ4v) is 1.57. The van der Waals surface area contributed by atoms with Crippen molar-refractivity contribution in [2.45, 2.75) is 27.7 Å². The number of hydrogen-bond donors (Lipinski definition) is 1. The van der Waals surface area contributed by atoms with Crippen molar-refractivity contribution in [1.29, 1.82) is 0 Å². The number of aryl methyl sites for hydroxylation is 1. The Morgan fingerprint density at radius 1 is 1.50 bits per heavy atom. The minimum atomic E-state index is 0.601. The highest BCUT2D eigenvalue weighted by Gasteiger charge is 2.07. The summed E-state index contributed by atoms with van der Waals surface area (Å²) in [6.45, 7) is 8.66. The number of allylic oxidation sites excluding steroid dienone is 2. The van der Waals surface area contributed by atoms with Crippen LogP contribution in [0.2, 0.25) is 0 Å². The van der Waals surface area contributed by atoms with Crippen molar-refractivity contribution < 1.29 is 0 Å². The van der Waals surface area contributed by atoms with E-state index in [1.54, 1.807) is 0 Å². The monoisotopic (exact) mass is 163 g/mol. The zero-order valence-corrected chi connectivity index (χ0v) is 8.31. The SMILES string of the molecule is C/C=C(\c1cc[nH]c1C)C(C)C. The van der Waals surface area contributed by atoms with Crippen molar-refractivity contribution in [2.75, 3.05) is 0 Å². The van der Waals surface area contributed by atoms with Gasteiger partial charge in [0.15, 0.2) is 0 Å². The largest absolute Gasteiger partial charge is 0.365 e. The van der Waals surface area contributed by atoms with Gasteiger partial charge in [-0.2, -0.15) is 0 Å². The molecule has 1 rings (SSSR count). The van der Waals surface area contributed by atoms with Crippen LogP contribution in [0.1, 0.15) is 32.0 Å².